The van der Waals surface area contributed by atoms with Gasteiger partial charge in [-0.3, -0.25) is 4.79 Å². The molecule has 0 spiro atoms. The number of carboxylic acid groups (broad SMARTS) is 1. The Kier molecular flexibility index (Phi) is 6.10. The number of nitrogens with one attached hydrogen (secondary N) is 1. The summed E-state index contributed by atoms with van der Waals surface area (Å²) in [7, 11) is 0. The minimum Gasteiger partial charge on any atom is -0.545 e. The Hall–Kier alpha value is -3.13. The van der Waals surface area contributed by atoms with Gasteiger partial charge in [-0.15, -0.1) is 10.2 Å². The molecule has 1 heterocycles. The molecule has 0 aliphatic carbocycles. The molecule has 0 atom stereocenters. The molecule has 2 aromatic carbocycles. The fourth-order valence-corrected chi connectivity index (χ4v) is 3.68. The highest BCUT2D eigenvalue weighted by Gasteiger charge is 2.14. The van der Waals surface area contributed by atoms with Crippen LogP contribution in [0.5, 0.6) is 0 Å². The van der Waals surface area contributed by atoms with Crippen molar-refractivity contribution in [3.8, 4) is 11.4 Å². The van der Waals surface area contributed by atoms with Crippen LogP contribution in [-0.2, 0) is 17.1 Å². The predicted octanol–water partition coefficient (Wildman–Crippen LogP) is 2.58. The van der Waals surface area contributed by atoms with Gasteiger partial charge in [-0.1, -0.05) is 48.2 Å². The topological polar surface area (TPSA) is 99.9 Å². The summed E-state index contributed by atoms with van der Waals surface area (Å²) >= 11 is 1.53. The molecule has 0 fully saturated rings. The zero-order valence-corrected chi connectivity index (χ0v) is 16.3. The van der Waals surface area contributed by atoms with Crippen LogP contribution in [-0.4, -0.2) is 26.6 Å². The van der Waals surface area contributed by atoms with Crippen LogP contribution in [0.3, 0.4) is 0 Å². The van der Waals surface area contributed by atoms with E-state index < -0.39 is 5.97 Å². The van der Waals surface area contributed by atoms with Gasteiger partial charge in [0.25, 0.3) is 0 Å². The van der Waals surface area contributed by atoms with Crippen LogP contribution in [0.25, 0.3) is 11.4 Å². The van der Waals surface area contributed by atoms with E-state index in [0.29, 0.717) is 18.0 Å². The van der Waals surface area contributed by atoms with Crippen molar-refractivity contribution in [2.24, 2.45) is 0 Å². The molecule has 28 heavy (non-hydrogen) atoms. The molecule has 0 bridgehead atoms. The molecule has 7 nitrogen and oxygen atoms in total. The fourth-order valence-electron chi connectivity index (χ4n) is 2.72. The first-order valence-corrected chi connectivity index (χ1v) is 9.70. The number of aromatic carboxylic acids is 1. The first-order chi connectivity index (χ1) is 13.5. The van der Waals surface area contributed by atoms with E-state index in [2.05, 4.69) is 15.5 Å². The Morgan fingerprint density at radius 3 is 2.54 bits per heavy atom. The SMILES string of the molecule is CCn1c(SCc2ccc(C(=O)[O-])cc2)nnc1-c1cccc(NC(C)=O)c1. The number of amides is 1. The number of thioether (sulfide) groups is 1. The van der Waals surface area contributed by atoms with Crippen molar-refractivity contribution in [3.63, 3.8) is 0 Å². The quantitative estimate of drug-likeness (QED) is 0.617. The maximum Gasteiger partial charge on any atom is 0.221 e. The summed E-state index contributed by atoms with van der Waals surface area (Å²) in [6.45, 7) is 4.18. The van der Waals surface area contributed by atoms with Crippen LogP contribution in [0, 0.1) is 0 Å². The van der Waals surface area contributed by atoms with Crippen molar-refractivity contribution in [1.29, 1.82) is 0 Å². The Morgan fingerprint density at radius 2 is 1.89 bits per heavy atom. The van der Waals surface area contributed by atoms with Crippen LogP contribution in [0.1, 0.15) is 29.8 Å². The van der Waals surface area contributed by atoms with Gasteiger partial charge in [0, 0.05) is 30.5 Å². The van der Waals surface area contributed by atoms with Crippen molar-refractivity contribution in [1.82, 2.24) is 14.8 Å². The molecule has 3 rings (SSSR count). The zero-order chi connectivity index (χ0) is 20.1. The highest BCUT2D eigenvalue weighted by atomic mass is 32.2. The molecule has 0 radical (unpaired) electrons. The molecular weight excluding hydrogens is 376 g/mol. The lowest BCUT2D eigenvalue weighted by molar-refractivity contribution is -0.255. The number of aromatic nitrogens is 3. The lowest BCUT2D eigenvalue weighted by atomic mass is 10.1. The van der Waals surface area contributed by atoms with E-state index in [1.165, 1.54) is 30.8 Å². The van der Waals surface area contributed by atoms with E-state index in [9.17, 15) is 14.7 Å². The maximum atomic E-state index is 11.3. The number of hydrogen-bond donors (Lipinski definition) is 1. The van der Waals surface area contributed by atoms with Gasteiger partial charge in [0.1, 0.15) is 0 Å². The number of nitrogens with zero attached hydrogens (tertiary/aromatic N) is 3. The Bertz CT molecular complexity index is 999. The van der Waals surface area contributed by atoms with Crippen LogP contribution < -0.4 is 10.4 Å². The van der Waals surface area contributed by atoms with Crippen molar-refractivity contribution in [2.75, 3.05) is 5.32 Å². The summed E-state index contributed by atoms with van der Waals surface area (Å²) in [5.74, 6) is 0.0489. The highest BCUT2D eigenvalue weighted by molar-refractivity contribution is 7.98. The second kappa shape index (κ2) is 8.71. The molecule has 0 saturated carbocycles. The summed E-state index contributed by atoms with van der Waals surface area (Å²) in [5.41, 5.74) is 2.71. The molecular formula is C20H19N4O3S-. The summed E-state index contributed by atoms with van der Waals surface area (Å²) < 4.78 is 2.01. The third-order valence-electron chi connectivity index (χ3n) is 4.03. The Balaban J connectivity index is 1.78. The largest absolute Gasteiger partial charge is 0.545 e. The number of anilines is 1. The van der Waals surface area contributed by atoms with Crippen LogP contribution in [0.2, 0.25) is 0 Å². The van der Waals surface area contributed by atoms with Gasteiger partial charge in [-0.05, 0) is 30.2 Å². The molecule has 1 aromatic heterocycles. The second-order valence-electron chi connectivity index (χ2n) is 6.09. The van der Waals surface area contributed by atoms with Gasteiger partial charge < -0.3 is 19.8 Å². The summed E-state index contributed by atoms with van der Waals surface area (Å²) in [5, 5.41) is 23.0. The lowest BCUT2D eigenvalue weighted by Gasteiger charge is -2.09. The Labute approximate surface area is 166 Å². The number of rotatable bonds is 7. The van der Waals surface area contributed by atoms with Crippen LogP contribution in [0.15, 0.2) is 53.7 Å². The number of benzene rings is 2. The molecule has 0 saturated heterocycles. The highest BCUT2D eigenvalue weighted by Crippen LogP contribution is 2.27. The molecule has 144 valence electrons. The predicted molar refractivity (Wildman–Crippen MR) is 106 cm³/mol. The maximum absolute atomic E-state index is 11.3. The van der Waals surface area contributed by atoms with E-state index in [4.69, 9.17) is 0 Å². The standard InChI is InChI=1S/C20H20N4O3S/c1-3-24-18(16-5-4-6-17(11-16)21-13(2)25)22-23-20(24)28-12-14-7-9-15(10-8-14)19(26)27/h4-11H,3,12H2,1-2H3,(H,21,25)(H,26,27)/p-1. The zero-order valence-electron chi connectivity index (χ0n) is 15.5. The summed E-state index contributed by atoms with van der Waals surface area (Å²) in [4.78, 5) is 22.1. The van der Waals surface area contributed by atoms with Crippen molar-refractivity contribution in [2.45, 2.75) is 31.3 Å². The molecule has 3 aromatic rings. The van der Waals surface area contributed by atoms with Gasteiger partial charge in [0.05, 0.1) is 5.97 Å². The second-order valence-corrected chi connectivity index (χ2v) is 7.03. The van der Waals surface area contributed by atoms with Crippen LogP contribution in [0.4, 0.5) is 5.69 Å². The third-order valence-corrected chi connectivity index (χ3v) is 5.07. The molecule has 8 heteroatoms. The monoisotopic (exact) mass is 395 g/mol. The van der Waals surface area contributed by atoms with Crippen molar-refractivity contribution in [3.05, 3.63) is 59.7 Å². The number of carbonyl (C=O) groups excluding carboxylic acids is 2. The molecule has 1 amide bonds. The van der Waals surface area contributed by atoms with Gasteiger partial charge >= 0.3 is 0 Å². The average Bonchev–Trinajstić information content (AvgIpc) is 3.09. The van der Waals surface area contributed by atoms with E-state index in [0.717, 1.165) is 22.1 Å². The van der Waals surface area contributed by atoms with E-state index in [1.807, 2.05) is 35.8 Å². The van der Waals surface area contributed by atoms with E-state index in [1.54, 1.807) is 12.1 Å². The smallest absolute Gasteiger partial charge is 0.221 e. The molecule has 1 N–H and O–H groups in total. The normalized spacial score (nSPS) is 10.6. The third kappa shape index (κ3) is 4.58. The van der Waals surface area contributed by atoms with Gasteiger partial charge in [-0.2, -0.15) is 0 Å². The van der Waals surface area contributed by atoms with Crippen molar-refractivity contribution < 1.29 is 14.7 Å². The molecule has 0 aliphatic heterocycles. The molecule has 0 aliphatic rings. The number of hydrogen-bond acceptors (Lipinski definition) is 6. The van der Waals surface area contributed by atoms with Gasteiger partial charge in [0.2, 0.25) is 5.91 Å². The molecule has 0 unspecified atom stereocenters. The lowest BCUT2D eigenvalue weighted by Crippen LogP contribution is -2.21. The van der Waals surface area contributed by atoms with Gasteiger partial charge in [-0.25, -0.2) is 0 Å². The van der Waals surface area contributed by atoms with E-state index in [-0.39, 0.29) is 11.5 Å². The number of carboxylic acids is 1. The summed E-state index contributed by atoms with van der Waals surface area (Å²) in [6, 6.07) is 14.1. The first kappa shape index (κ1) is 19.6. The minimum absolute atomic E-state index is 0.130. The van der Waals surface area contributed by atoms with Crippen LogP contribution >= 0.6 is 11.8 Å². The summed E-state index contributed by atoms with van der Waals surface area (Å²) in [6.07, 6.45) is 0. The fraction of sp³-hybridized carbons (Fsp3) is 0.200. The van der Waals surface area contributed by atoms with E-state index >= 15 is 0 Å². The average molecular weight is 395 g/mol. The van der Waals surface area contributed by atoms with Crippen molar-refractivity contribution >= 4 is 29.3 Å². The number of carbonyl (C=O) groups is 2. The minimum atomic E-state index is -1.18. The Morgan fingerprint density at radius 1 is 1.14 bits per heavy atom. The first-order valence-electron chi connectivity index (χ1n) is 8.72. The van der Waals surface area contributed by atoms with Gasteiger partial charge in [0.15, 0.2) is 11.0 Å².